The zero-order valence-electron chi connectivity index (χ0n) is 14.3. The predicted octanol–water partition coefficient (Wildman–Crippen LogP) is 3.38. The van der Waals surface area contributed by atoms with Crippen LogP contribution in [-0.4, -0.2) is 16.4 Å². The Morgan fingerprint density at radius 3 is 2.56 bits per heavy atom. The third kappa shape index (κ3) is 4.14. The molecule has 25 heavy (non-hydrogen) atoms. The molecular weight excluding hydrogens is 314 g/mol. The Morgan fingerprint density at radius 2 is 1.84 bits per heavy atom. The van der Waals surface area contributed by atoms with Gasteiger partial charge < -0.3 is 10.5 Å². The van der Waals surface area contributed by atoms with E-state index in [4.69, 9.17) is 10.5 Å². The van der Waals surface area contributed by atoms with E-state index < -0.39 is 5.54 Å². The molecular formula is C20H21N3O2. The van der Waals surface area contributed by atoms with Gasteiger partial charge in [0, 0.05) is 18.1 Å². The second-order valence-corrected chi connectivity index (χ2v) is 6.45. The van der Waals surface area contributed by atoms with Gasteiger partial charge >= 0.3 is 0 Å². The molecule has 3 aromatic rings. The van der Waals surface area contributed by atoms with Crippen LogP contribution in [0.2, 0.25) is 0 Å². The summed E-state index contributed by atoms with van der Waals surface area (Å²) in [5.41, 5.74) is 6.60. The number of nitrogens with one attached hydrogen (secondary N) is 1. The minimum absolute atomic E-state index is 0.377. The van der Waals surface area contributed by atoms with E-state index in [1.54, 1.807) is 20.0 Å². The van der Waals surface area contributed by atoms with Gasteiger partial charge in [-0.05, 0) is 55.8 Å². The maximum atomic E-state index is 11.3. The lowest BCUT2D eigenvalue weighted by atomic mass is 10.0. The predicted molar refractivity (Wildman–Crippen MR) is 98.4 cm³/mol. The highest BCUT2D eigenvalue weighted by molar-refractivity contribution is 5.83. The van der Waals surface area contributed by atoms with E-state index in [2.05, 4.69) is 10.3 Å². The molecule has 1 aromatic heterocycles. The van der Waals surface area contributed by atoms with Crippen molar-refractivity contribution in [3.8, 4) is 11.5 Å². The first kappa shape index (κ1) is 16.9. The van der Waals surface area contributed by atoms with Gasteiger partial charge in [-0.1, -0.05) is 18.2 Å². The molecule has 0 aliphatic heterocycles. The van der Waals surface area contributed by atoms with Crippen LogP contribution in [0.25, 0.3) is 10.9 Å². The molecule has 0 saturated carbocycles. The monoisotopic (exact) mass is 335 g/mol. The van der Waals surface area contributed by atoms with Crippen molar-refractivity contribution in [2.75, 3.05) is 0 Å². The molecule has 0 radical (unpaired) electrons. The van der Waals surface area contributed by atoms with Gasteiger partial charge in [0.05, 0.1) is 11.1 Å². The van der Waals surface area contributed by atoms with Gasteiger partial charge in [0.25, 0.3) is 0 Å². The molecule has 0 saturated heterocycles. The van der Waals surface area contributed by atoms with Gasteiger partial charge in [0.15, 0.2) is 0 Å². The van der Waals surface area contributed by atoms with E-state index in [0.29, 0.717) is 6.54 Å². The summed E-state index contributed by atoms with van der Waals surface area (Å²) in [7, 11) is 0. The van der Waals surface area contributed by atoms with Gasteiger partial charge in [-0.25, -0.2) is 0 Å². The van der Waals surface area contributed by atoms with Crippen molar-refractivity contribution in [2.45, 2.75) is 25.9 Å². The van der Waals surface area contributed by atoms with Crippen LogP contribution < -0.4 is 15.8 Å². The molecule has 0 aliphatic rings. The summed E-state index contributed by atoms with van der Waals surface area (Å²) in [5.74, 6) is 1.14. The molecule has 3 N–H and O–H groups in total. The zero-order valence-corrected chi connectivity index (χ0v) is 14.3. The lowest BCUT2D eigenvalue weighted by Crippen LogP contribution is -2.50. The molecule has 2 aromatic carbocycles. The number of benzene rings is 2. The highest BCUT2D eigenvalue weighted by Crippen LogP contribution is 2.25. The number of nitrogens with zero attached hydrogens (tertiary/aromatic N) is 1. The van der Waals surface area contributed by atoms with Crippen molar-refractivity contribution < 1.29 is 9.53 Å². The van der Waals surface area contributed by atoms with Gasteiger partial charge in [-0.15, -0.1) is 0 Å². The van der Waals surface area contributed by atoms with Crippen LogP contribution in [0.4, 0.5) is 0 Å². The van der Waals surface area contributed by atoms with Crippen LogP contribution in [0.15, 0.2) is 60.8 Å². The number of fused-ring (bicyclic) bond motifs is 1. The summed E-state index contributed by atoms with van der Waals surface area (Å²) >= 11 is 0. The van der Waals surface area contributed by atoms with Crippen LogP contribution in [-0.2, 0) is 11.3 Å². The van der Waals surface area contributed by atoms with Crippen molar-refractivity contribution in [2.24, 2.45) is 5.73 Å². The maximum absolute atomic E-state index is 11.3. The smallest absolute Gasteiger partial charge is 0.237 e. The SMILES string of the molecule is CC(C)(NCc1ccc(Oc2ccc3ncccc3c2)cc1)C(N)=O. The molecule has 1 heterocycles. The van der Waals surface area contributed by atoms with Crippen LogP contribution in [0.5, 0.6) is 11.5 Å². The Balaban J connectivity index is 1.66. The molecule has 128 valence electrons. The van der Waals surface area contributed by atoms with Crippen molar-refractivity contribution in [1.29, 1.82) is 0 Å². The van der Waals surface area contributed by atoms with Crippen molar-refractivity contribution in [1.82, 2.24) is 10.3 Å². The average Bonchev–Trinajstić information content (AvgIpc) is 2.61. The maximum Gasteiger partial charge on any atom is 0.237 e. The van der Waals surface area contributed by atoms with Crippen molar-refractivity contribution in [3.05, 3.63) is 66.4 Å². The van der Waals surface area contributed by atoms with Gasteiger partial charge in [-0.2, -0.15) is 0 Å². The molecule has 3 rings (SSSR count). The number of amides is 1. The second kappa shape index (κ2) is 6.91. The summed E-state index contributed by atoms with van der Waals surface area (Å²) in [6, 6.07) is 17.4. The lowest BCUT2D eigenvalue weighted by molar-refractivity contribution is -0.123. The third-order valence-corrected chi connectivity index (χ3v) is 4.08. The van der Waals surface area contributed by atoms with Gasteiger partial charge in [0.1, 0.15) is 11.5 Å². The molecule has 0 unspecified atom stereocenters. The molecule has 0 aliphatic carbocycles. The summed E-state index contributed by atoms with van der Waals surface area (Å²) in [4.78, 5) is 15.6. The number of ether oxygens (including phenoxy) is 1. The average molecular weight is 335 g/mol. The summed E-state index contributed by atoms with van der Waals surface area (Å²) in [6.07, 6.45) is 1.77. The topological polar surface area (TPSA) is 77.2 Å². The van der Waals surface area contributed by atoms with Crippen LogP contribution in [0.1, 0.15) is 19.4 Å². The standard InChI is InChI=1S/C20H21N3O2/c1-20(2,19(21)24)23-13-14-5-7-16(8-6-14)25-17-9-10-18-15(12-17)4-3-11-22-18/h3-12,23H,13H2,1-2H3,(H2,21,24). The Bertz CT molecular complexity index is 889. The highest BCUT2D eigenvalue weighted by Gasteiger charge is 2.23. The number of hydrogen-bond acceptors (Lipinski definition) is 4. The Labute approximate surface area is 146 Å². The second-order valence-electron chi connectivity index (χ2n) is 6.45. The minimum Gasteiger partial charge on any atom is -0.457 e. The van der Waals surface area contributed by atoms with E-state index in [-0.39, 0.29) is 5.91 Å². The van der Waals surface area contributed by atoms with E-state index in [9.17, 15) is 4.79 Å². The van der Waals surface area contributed by atoms with E-state index in [1.807, 2.05) is 54.6 Å². The molecule has 1 amide bonds. The molecule has 0 fully saturated rings. The number of rotatable bonds is 6. The van der Waals surface area contributed by atoms with Crippen molar-refractivity contribution in [3.63, 3.8) is 0 Å². The Hall–Kier alpha value is -2.92. The quantitative estimate of drug-likeness (QED) is 0.724. The molecule has 5 heteroatoms. The molecule has 0 bridgehead atoms. The Kier molecular flexibility index (Phi) is 4.67. The lowest BCUT2D eigenvalue weighted by Gasteiger charge is -2.22. The fraction of sp³-hybridized carbons (Fsp3) is 0.200. The summed E-state index contributed by atoms with van der Waals surface area (Å²) < 4.78 is 5.90. The number of nitrogens with two attached hydrogens (primary N) is 1. The largest absolute Gasteiger partial charge is 0.457 e. The van der Waals surface area contributed by atoms with Crippen molar-refractivity contribution >= 4 is 16.8 Å². The zero-order chi connectivity index (χ0) is 17.9. The number of pyridine rings is 1. The first-order valence-electron chi connectivity index (χ1n) is 8.10. The van der Waals surface area contributed by atoms with Gasteiger partial charge in [-0.3, -0.25) is 15.1 Å². The summed E-state index contributed by atoms with van der Waals surface area (Å²) in [5, 5.41) is 4.18. The van der Waals surface area contributed by atoms with Crippen LogP contribution >= 0.6 is 0 Å². The normalized spacial score (nSPS) is 11.4. The molecule has 0 atom stereocenters. The molecule has 5 nitrogen and oxygen atoms in total. The number of carbonyl (C=O) groups is 1. The first-order chi connectivity index (χ1) is 11.9. The van der Waals surface area contributed by atoms with Crippen LogP contribution in [0.3, 0.4) is 0 Å². The third-order valence-electron chi connectivity index (χ3n) is 4.08. The van der Waals surface area contributed by atoms with E-state index in [0.717, 1.165) is 28.0 Å². The number of hydrogen-bond donors (Lipinski definition) is 2. The molecule has 0 spiro atoms. The van der Waals surface area contributed by atoms with E-state index >= 15 is 0 Å². The highest BCUT2D eigenvalue weighted by atomic mass is 16.5. The van der Waals surface area contributed by atoms with Gasteiger partial charge in [0.2, 0.25) is 5.91 Å². The van der Waals surface area contributed by atoms with E-state index in [1.165, 1.54) is 0 Å². The number of primary amides is 1. The fourth-order valence-corrected chi connectivity index (χ4v) is 2.34. The summed E-state index contributed by atoms with van der Waals surface area (Å²) in [6.45, 7) is 4.08. The minimum atomic E-state index is -0.742. The first-order valence-corrected chi connectivity index (χ1v) is 8.10. The van der Waals surface area contributed by atoms with Crippen LogP contribution in [0, 0.1) is 0 Å². The number of aromatic nitrogens is 1. The number of carbonyl (C=O) groups excluding carboxylic acids is 1. The Morgan fingerprint density at radius 1 is 1.12 bits per heavy atom. The fourth-order valence-electron chi connectivity index (χ4n) is 2.34.